The Hall–Kier alpha value is -1.23. The van der Waals surface area contributed by atoms with E-state index in [9.17, 15) is 4.79 Å². The second kappa shape index (κ2) is 2.92. The lowest BCUT2D eigenvalue weighted by Gasteiger charge is -1.93. The lowest BCUT2D eigenvalue weighted by Crippen LogP contribution is -1.94. The van der Waals surface area contributed by atoms with Crippen molar-refractivity contribution in [3.63, 3.8) is 0 Å². The Kier molecular flexibility index (Phi) is 1.88. The van der Waals surface area contributed by atoms with Crippen LogP contribution in [0.1, 0.15) is 17.3 Å². The highest BCUT2D eigenvalue weighted by atomic mass is 79.9. The minimum Gasteiger partial charge on any atom is -0.294 e. The predicted molar refractivity (Wildman–Crippen MR) is 50.7 cm³/mol. The summed E-state index contributed by atoms with van der Waals surface area (Å²) in [4.78, 5) is 15.2. The molecule has 0 aliphatic heterocycles. The third-order valence-electron chi connectivity index (χ3n) is 1.70. The molecule has 0 aliphatic rings. The zero-order valence-corrected chi connectivity index (χ0v) is 8.45. The van der Waals surface area contributed by atoms with Crippen molar-refractivity contribution < 1.29 is 4.79 Å². The van der Waals surface area contributed by atoms with E-state index in [2.05, 4.69) is 26.0 Å². The highest BCUT2D eigenvalue weighted by Crippen LogP contribution is 2.12. The smallest absolute Gasteiger partial charge is 0.165 e. The Morgan fingerprint density at radius 1 is 1.54 bits per heavy atom. The predicted octanol–water partition coefficient (Wildman–Crippen LogP) is 1.69. The van der Waals surface area contributed by atoms with Crippen LogP contribution < -0.4 is 0 Å². The van der Waals surface area contributed by atoms with Gasteiger partial charge in [0.05, 0.1) is 16.2 Å². The van der Waals surface area contributed by atoms with Crippen molar-refractivity contribution in [2.75, 3.05) is 0 Å². The van der Waals surface area contributed by atoms with Crippen LogP contribution in [0.2, 0.25) is 0 Å². The van der Waals surface area contributed by atoms with Gasteiger partial charge in [-0.25, -0.2) is 9.50 Å². The third-order valence-corrected chi connectivity index (χ3v) is 2.11. The Bertz CT molecular complexity index is 477. The summed E-state index contributed by atoms with van der Waals surface area (Å²) in [6, 6.07) is 0. The zero-order valence-electron chi connectivity index (χ0n) is 6.86. The van der Waals surface area contributed by atoms with E-state index in [1.54, 1.807) is 16.9 Å². The minimum absolute atomic E-state index is 0.0233. The molecule has 2 rings (SSSR count). The summed E-state index contributed by atoms with van der Waals surface area (Å²) in [5.41, 5.74) is 1.14. The van der Waals surface area contributed by atoms with Crippen LogP contribution in [0.15, 0.2) is 23.1 Å². The molecule has 0 radical (unpaired) electrons. The minimum atomic E-state index is -0.0233. The number of halogens is 1. The van der Waals surface area contributed by atoms with Crippen molar-refractivity contribution in [3.8, 4) is 0 Å². The number of nitrogens with zero attached hydrogens (tertiary/aromatic N) is 3. The van der Waals surface area contributed by atoms with Gasteiger partial charge in [-0.1, -0.05) is 0 Å². The fourth-order valence-corrected chi connectivity index (χ4v) is 1.40. The molecule has 0 amide bonds. The van der Waals surface area contributed by atoms with Crippen LogP contribution in [0.5, 0.6) is 0 Å². The number of Topliss-reactive ketones (excluding diaryl/α,β-unsaturated/α-hetero) is 1. The van der Waals surface area contributed by atoms with E-state index < -0.39 is 0 Å². The van der Waals surface area contributed by atoms with Gasteiger partial charge in [0.15, 0.2) is 11.4 Å². The standard InChI is InChI=1S/C8H6BrN3O/c1-5(13)7-3-11-12-4-6(9)2-10-8(7)12/h2-4H,1H3. The first-order chi connectivity index (χ1) is 6.18. The van der Waals surface area contributed by atoms with Gasteiger partial charge in [0, 0.05) is 12.4 Å². The zero-order chi connectivity index (χ0) is 9.42. The molecule has 0 N–H and O–H groups in total. The fourth-order valence-electron chi connectivity index (χ4n) is 1.10. The molecule has 4 nitrogen and oxygen atoms in total. The van der Waals surface area contributed by atoms with Gasteiger partial charge >= 0.3 is 0 Å². The molecule has 0 unspecified atom stereocenters. The van der Waals surface area contributed by atoms with Crippen LogP contribution in [-0.2, 0) is 0 Å². The van der Waals surface area contributed by atoms with E-state index in [1.165, 1.54) is 13.1 Å². The van der Waals surface area contributed by atoms with Crippen LogP contribution in [0.3, 0.4) is 0 Å². The summed E-state index contributed by atoms with van der Waals surface area (Å²) in [6.45, 7) is 1.50. The molecule has 0 saturated carbocycles. The van der Waals surface area contributed by atoms with Crippen LogP contribution >= 0.6 is 15.9 Å². The first-order valence-electron chi connectivity index (χ1n) is 3.68. The number of carbonyl (C=O) groups excluding carboxylic acids is 1. The topological polar surface area (TPSA) is 47.3 Å². The van der Waals surface area contributed by atoms with Gasteiger partial charge in [-0.3, -0.25) is 4.79 Å². The van der Waals surface area contributed by atoms with Gasteiger partial charge in [-0.05, 0) is 22.9 Å². The second-order valence-electron chi connectivity index (χ2n) is 2.65. The summed E-state index contributed by atoms with van der Waals surface area (Å²) < 4.78 is 2.40. The van der Waals surface area contributed by atoms with Gasteiger partial charge in [-0.2, -0.15) is 5.10 Å². The Labute approximate surface area is 82.7 Å². The van der Waals surface area contributed by atoms with E-state index in [0.29, 0.717) is 11.2 Å². The first-order valence-corrected chi connectivity index (χ1v) is 4.47. The molecule has 0 bridgehead atoms. The van der Waals surface area contributed by atoms with Crippen LogP contribution in [0.25, 0.3) is 5.65 Å². The van der Waals surface area contributed by atoms with Crippen LogP contribution in [0.4, 0.5) is 0 Å². The van der Waals surface area contributed by atoms with E-state index in [4.69, 9.17) is 0 Å². The molecule has 0 atom stereocenters. The molecule has 0 saturated heterocycles. The number of aromatic nitrogens is 3. The highest BCUT2D eigenvalue weighted by Gasteiger charge is 2.08. The maximum absolute atomic E-state index is 11.1. The molecule has 5 heteroatoms. The number of hydrogen-bond donors (Lipinski definition) is 0. The molecule has 2 heterocycles. The third kappa shape index (κ3) is 1.35. The van der Waals surface area contributed by atoms with Crippen molar-refractivity contribution in [2.45, 2.75) is 6.92 Å². The number of ketones is 1. The number of fused-ring (bicyclic) bond motifs is 1. The fraction of sp³-hybridized carbons (Fsp3) is 0.125. The molecule has 2 aromatic heterocycles. The largest absolute Gasteiger partial charge is 0.294 e. The molecule has 0 aliphatic carbocycles. The van der Waals surface area contributed by atoms with Crippen molar-refractivity contribution >= 4 is 27.4 Å². The number of rotatable bonds is 1. The maximum atomic E-state index is 11.1. The maximum Gasteiger partial charge on any atom is 0.165 e. The van der Waals surface area contributed by atoms with Gasteiger partial charge in [0.1, 0.15) is 0 Å². The molecular weight excluding hydrogens is 234 g/mol. The quantitative estimate of drug-likeness (QED) is 0.712. The molecule has 13 heavy (non-hydrogen) atoms. The van der Waals surface area contributed by atoms with E-state index in [0.717, 1.165) is 4.47 Å². The highest BCUT2D eigenvalue weighted by molar-refractivity contribution is 9.10. The van der Waals surface area contributed by atoms with E-state index in [-0.39, 0.29) is 5.78 Å². The Balaban J connectivity index is 2.76. The van der Waals surface area contributed by atoms with Crippen molar-refractivity contribution in [1.29, 1.82) is 0 Å². The Morgan fingerprint density at radius 2 is 2.31 bits per heavy atom. The second-order valence-corrected chi connectivity index (χ2v) is 3.57. The molecule has 66 valence electrons. The first kappa shape index (κ1) is 8.37. The van der Waals surface area contributed by atoms with Gasteiger partial charge < -0.3 is 0 Å². The summed E-state index contributed by atoms with van der Waals surface area (Å²) in [5.74, 6) is -0.0233. The lowest BCUT2D eigenvalue weighted by atomic mass is 10.2. The van der Waals surface area contributed by atoms with E-state index >= 15 is 0 Å². The van der Waals surface area contributed by atoms with Crippen molar-refractivity contribution in [2.24, 2.45) is 0 Å². The summed E-state index contributed by atoms with van der Waals surface area (Å²) in [5, 5.41) is 4.00. The number of hydrogen-bond acceptors (Lipinski definition) is 3. The summed E-state index contributed by atoms with van der Waals surface area (Å²) in [6.07, 6.45) is 4.93. The van der Waals surface area contributed by atoms with Gasteiger partial charge in [-0.15, -0.1) is 0 Å². The molecule has 0 spiro atoms. The molecule has 0 fully saturated rings. The van der Waals surface area contributed by atoms with Gasteiger partial charge in [0.25, 0.3) is 0 Å². The van der Waals surface area contributed by atoms with Crippen LogP contribution in [0, 0.1) is 0 Å². The number of carbonyl (C=O) groups is 1. The molecular formula is C8H6BrN3O. The molecule has 2 aromatic rings. The van der Waals surface area contributed by atoms with Crippen LogP contribution in [-0.4, -0.2) is 20.4 Å². The monoisotopic (exact) mass is 239 g/mol. The van der Waals surface area contributed by atoms with Crippen molar-refractivity contribution in [1.82, 2.24) is 14.6 Å². The average Bonchev–Trinajstić information content (AvgIpc) is 2.46. The summed E-state index contributed by atoms with van der Waals surface area (Å²) >= 11 is 3.27. The van der Waals surface area contributed by atoms with E-state index in [1.807, 2.05) is 0 Å². The van der Waals surface area contributed by atoms with Gasteiger partial charge in [0.2, 0.25) is 0 Å². The molecule has 0 aromatic carbocycles. The lowest BCUT2D eigenvalue weighted by molar-refractivity contribution is 0.101. The van der Waals surface area contributed by atoms with Crippen molar-refractivity contribution in [3.05, 3.63) is 28.6 Å². The Morgan fingerprint density at radius 3 is 3.00 bits per heavy atom. The average molecular weight is 240 g/mol. The SMILES string of the molecule is CC(=O)c1cnn2cc(Br)cnc12. The normalized spacial score (nSPS) is 10.6. The summed E-state index contributed by atoms with van der Waals surface area (Å²) in [7, 11) is 0.